The molecule has 4 nitrogen and oxygen atoms in total. The number of esters is 1. The average molecular weight is 145 g/mol. The third kappa shape index (κ3) is 1.12. The summed E-state index contributed by atoms with van der Waals surface area (Å²) in [5, 5.41) is 0. The van der Waals surface area contributed by atoms with Crippen molar-refractivity contribution in [3.8, 4) is 0 Å². The number of hydroxylamine groups is 1. The van der Waals surface area contributed by atoms with Crippen LogP contribution in [0.15, 0.2) is 0 Å². The fraction of sp³-hybridized carbons (Fsp3) is 0.833. The Morgan fingerprint density at radius 3 is 2.90 bits per heavy atom. The fourth-order valence-corrected chi connectivity index (χ4v) is 0.911. The standard InChI is InChI=1S/C6H11NO3/c1-6(5(8)9-2)3-4-7-10-6/h7H,3-4H2,1-2H3/t6-/m0/s1. The van der Waals surface area contributed by atoms with Crippen LogP contribution in [0.1, 0.15) is 13.3 Å². The van der Waals surface area contributed by atoms with Crippen LogP contribution in [0.5, 0.6) is 0 Å². The van der Waals surface area contributed by atoms with Crippen LogP contribution in [-0.4, -0.2) is 25.2 Å². The minimum atomic E-state index is -0.769. The molecule has 1 saturated heterocycles. The first kappa shape index (κ1) is 7.50. The molecule has 0 saturated carbocycles. The Morgan fingerprint density at radius 1 is 1.80 bits per heavy atom. The quantitative estimate of drug-likeness (QED) is 0.521. The summed E-state index contributed by atoms with van der Waals surface area (Å²) < 4.78 is 4.53. The highest BCUT2D eigenvalue weighted by atomic mass is 16.7. The van der Waals surface area contributed by atoms with Crippen LogP contribution in [-0.2, 0) is 14.4 Å². The summed E-state index contributed by atoms with van der Waals surface area (Å²) in [5.74, 6) is -0.322. The Hall–Kier alpha value is -0.610. The molecule has 0 aromatic heterocycles. The first-order valence-electron chi connectivity index (χ1n) is 3.18. The van der Waals surface area contributed by atoms with Crippen LogP contribution in [0.25, 0.3) is 0 Å². The van der Waals surface area contributed by atoms with Gasteiger partial charge in [-0.3, -0.25) is 4.84 Å². The average Bonchev–Trinajstić information content (AvgIpc) is 2.36. The van der Waals surface area contributed by atoms with E-state index in [1.165, 1.54) is 7.11 Å². The summed E-state index contributed by atoms with van der Waals surface area (Å²) >= 11 is 0. The summed E-state index contributed by atoms with van der Waals surface area (Å²) in [4.78, 5) is 15.9. The maximum Gasteiger partial charge on any atom is 0.340 e. The molecule has 0 aromatic rings. The molecule has 1 aliphatic rings. The van der Waals surface area contributed by atoms with E-state index in [2.05, 4.69) is 10.2 Å². The smallest absolute Gasteiger partial charge is 0.340 e. The van der Waals surface area contributed by atoms with Crippen LogP contribution < -0.4 is 5.48 Å². The van der Waals surface area contributed by atoms with Crippen molar-refractivity contribution in [1.29, 1.82) is 0 Å². The van der Waals surface area contributed by atoms with Gasteiger partial charge in [-0.1, -0.05) is 0 Å². The van der Waals surface area contributed by atoms with Crippen molar-refractivity contribution in [1.82, 2.24) is 5.48 Å². The molecule has 58 valence electrons. The summed E-state index contributed by atoms with van der Waals surface area (Å²) in [6.07, 6.45) is 0.666. The lowest BCUT2D eigenvalue weighted by Crippen LogP contribution is -2.36. The number of nitrogens with one attached hydrogen (secondary N) is 1. The van der Waals surface area contributed by atoms with Gasteiger partial charge in [-0.15, -0.1) is 0 Å². The molecule has 1 N–H and O–H groups in total. The summed E-state index contributed by atoms with van der Waals surface area (Å²) in [6, 6.07) is 0. The van der Waals surface area contributed by atoms with Crippen molar-refractivity contribution >= 4 is 5.97 Å². The summed E-state index contributed by atoms with van der Waals surface area (Å²) in [6.45, 7) is 2.41. The third-order valence-electron chi connectivity index (χ3n) is 1.62. The molecule has 1 atom stereocenters. The minimum absolute atomic E-state index is 0.322. The van der Waals surface area contributed by atoms with E-state index in [0.717, 1.165) is 0 Å². The monoisotopic (exact) mass is 145 g/mol. The van der Waals surface area contributed by atoms with Crippen molar-refractivity contribution in [2.24, 2.45) is 0 Å². The Labute approximate surface area is 59.5 Å². The second-order valence-electron chi connectivity index (χ2n) is 2.47. The van der Waals surface area contributed by atoms with E-state index in [9.17, 15) is 4.79 Å². The maximum absolute atomic E-state index is 10.9. The molecule has 0 aliphatic carbocycles. The number of carbonyl (C=O) groups is 1. The number of carbonyl (C=O) groups excluding carboxylic acids is 1. The van der Waals surface area contributed by atoms with Gasteiger partial charge in [-0.2, -0.15) is 0 Å². The molecule has 0 radical (unpaired) electrons. The Morgan fingerprint density at radius 2 is 2.50 bits per heavy atom. The topological polar surface area (TPSA) is 47.6 Å². The zero-order valence-electron chi connectivity index (χ0n) is 6.14. The summed E-state index contributed by atoms with van der Waals surface area (Å²) in [7, 11) is 1.36. The molecule has 1 aliphatic heterocycles. The minimum Gasteiger partial charge on any atom is -0.467 e. The van der Waals surface area contributed by atoms with Crippen LogP contribution in [0, 0.1) is 0 Å². The van der Waals surface area contributed by atoms with Gasteiger partial charge < -0.3 is 4.74 Å². The lowest BCUT2D eigenvalue weighted by atomic mass is 10.0. The molecule has 1 rings (SSSR count). The molecule has 4 heteroatoms. The molecular formula is C6H11NO3. The number of hydrogen-bond donors (Lipinski definition) is 1. The van der Waals surface area contributed by atoms with Crippen molar-refractivity contribution in [2.75, 3.05) is 13.7 Å². The highest BCUT2D eigenvalue weighted by molar-refractivity contribution is 5.79. The van der Waals surface area contributed by atoms with Crippen LogP contribution >= 0.6 is 0 Å². The van der Waals surface area contributed by atoms with Gasteiger partial charge in [-0.25, -0.2) is 10.3 Å². The zero-order valence-corrected chi connectivity index (χ0v) is 6.14. The van der Waals surface area contributed by atoms with Gasteiger partial charge >= 0.3 is 5.97 Å². The third-order valence-corrected chi connectivity index (χ3v) is 1.62. The van der Waals surface area contributed by atoms with Gasteiger partial charge in [0.15, 0.2) is 5.60 Å². The SMILES string of the molecule is COC(=O)[C@]1(C)CCNO1. The van der Waals surface area contributed by atoms with Gasteiger partial charge in [0.25, 0.3) is 0 Å². The first-order valence-corrected chi connectivity index (χ1v) is 3.18. The predicted octanol–water partition coefficient (Wildman–Crippen LogP) is -0.157. The molecule has 10 heavy (non-hydrogen) atoms. The Kier molecular flexibility index (Phi) is 1.92. The number of rotatable bonds is 1. The number of ether oxygens (including phenoxy) is 1. The van der Waals surface area contributed by atoms with E-state index in [1.54, 1.807) is 6.92 Å². The van der Waals surface area contributed by atoms with Gasteiger partial charge in [-0.05, 0) is 6.92 Å². The van der Waals surface area contributed by atoms with Crippen molar-refractivity contribution in [3.05, 3.63) is 0 Å². The van der Waals surface area contributed by atoms with Crippen molar-refractivity contribution < 1.29 is 14.4 Å². The normalized spacial score (nSPS) is 32.2. The predicted molar refractivity (Wildman–Crippen MR) is 34.1 cm³/mol. The molecule has 0 aromatic carbocycles. The van der Waals surface area contributed by atoms with E-state index in [0.29, 0.717) is 13.0 Å². The molecule has 0 unspecified atom stereocenters. The van der Waals surface area contributed by atoms with E-state index in [-0.39, 0.29) is 5.97 Å². The van der Waals surface area contributed by atoms with E-state index in [4.69, 9.17) is 4.84 Å². The maximum atomic E-state index is 10.9. The van der Waals surface area contributed by atoms with Gasteiger partial charge in [0.05, 0.1) is 7.11 Å². The van der Waals surface area contributed by atoms with E-state index in [1.807, 2.05) is 0 Å². The molecular weight excluding hydrogens is 134 g/mol. The first-order chi connectivity index (χ1) is 4.69. The molecule has 0 amide bonds. The van der Waals surface area contributed by atoms with Crippen molar-refractivity contribution in [3.63, 3.8) is 0 Å². The second kappa shape index (κ2) is 2.56. The fourth-order valence-electron chi connectivity index (χ4n) is 0.911. The second-order valence-corrected chi connectivity index (χ2v) is 2.47. The molecule has 0 spiro atoms. The van der Waals surface area contributed by atoms with Gasteiger partial charge in [0, 0.05) is 13.0 Å². The Balaban J connectivity index is 2.58. The summed E-state index contributed by atoms with van der Waals surface area (Å²) in [5.41, 5.74) is 1.86. The highest BCUT2D eigenvalue weighted by Crippen LogP contribution is 2.19. The lowest BCUT2D eigenvalue weighted by molar-refractivity contribution is -0.167. The molecule has 1 heterocycles. The number of methoxy groups -OCH3 is 1. The highest BCUT2D eigenvalue weighted by Gasteiger charge is 2.39. The molecule has 0 bridgehead atoms. The van der Waals surface area contributed by atoms with Gasteiger partial charge in [0.2, 0.25) is 0 Å². The Bertz CT molecular complexity index is 140. The van der Waals surface area contributed by atoms with Crippen LogP contribution in [0.2, 0.25) is 0 Å². The van der Waals surface area contributed by atoms with Gasteiger partial charge in [0.1, 0.15) is 0 Å². The van der Waals surface area contributed by atoms with Crippen LogP contribution in [0.3, 0.4) is 0 Å². The molecule has 1 fully saturated rings. The van der Waals surface area contributed by atoms with E-state index < -0.39 is 5.60 Å². The lowest BCUT2D eigenvalue weighted by Gasteiger charge is -2.17. The van der Waals surface area contributed by atoms with E-state index >= 15 is 0 Å². The van der Waals surface area contributed by atoms with Crippen molar-refractivity contribution in [2.45, 2.75) is 18.9 Å². The van der Waals surface area contributed by atoms with Crippen LogP contribution in [0.4, 0.5) is 0 Å². The zero-order chi connectivity index (χ0) is 7.61. The largest absolute Gasteiger partial charge is 0.467 e. The number of hydrogen-bond acceptors (Lipinski definition) is 4.